The van der Waals surface area contributed by atoms with Crippen LogP contribution in [0.25, 0.3) is 10.9 Å². The number of rotatable bonds is 3. The van der Waals surface area contributed by atoms with Crippen LogP contribution in [0.15, 0.2) is 39.9 Å². The first-order valence-corrected chi connectivity index (χ1v) is 8.13. The molecule has 0 unspecified atom stereocenters. The molecule has 19 heavy (non-hydrogen) atoms. The first-order valence-electron chi connectivity index (χ1n) is 5.01. The van der Waals surface area contributed by atoms with Crippen molar-refractivity contribution in [1.29, 1.82) is 0 Å². The Labute approximate surface area is 123 Å². The molecule has 0 N–H and O–H groups in total. The van der Waals surface area contributed by atoms with E-state index in [0.717, 1.165) is 11.6 Å². The maximum absolute atomic E-state index is 13.8. The smallest absolute Gasteiger partial charge is 0.263 e. The van der Waals surface area contributed by atoms with Gasteiger partial charge in [0.15, 0.2) is 0 Å². The summed E-state index contributed by atoms with van der Waals surface area (Å²) in [5, 5.41) is 0.220. The molecule has 0 aliphatic heterocycles. The zero-order valence-corrected chi connectivity index (χ0v) is 12.4. The standard InChI is InChI=1S/C11H7Cl3FNO2S/c12-4-7(13)5-16-6-10(19(14,17)18)11-8(15)2-1-3-9(11)16/h1-4,6H,5H2/b7-4-. The lowest BCUT2D eigenvalue weighted by atomic mass is 10.2. The van der Waals surface area contributed by atoms with Crippen molar-refractivity contribution >= 4 is 53.8 Å². The van der Waals surface area contributed by atoms with Crippen LogP contribution >= 0.6 is 33.9 Å². The predicted octanol–water partition coefficient (Wildman–Crippen LogP) is 4.03. The van der Waals surface area contributed by atoms with E-state index in [0.29, 0.717) is 5.52 Å². The van der Waals surface area contributed by atoms with Crippen LogP contribution < -0.4 is 0 Å². The second-order valence-corrected chi connectivity index (χ2v) is 6.99. The second-order valence-electron chi connectivity index (χ2n) is 3.75. The van der Waals surface area contributed by atoms with Crippen molar-refractivity contribution in [3.63, 3.8) is 0 Å². The van der Waals surface area contributed by atoms with E-state index in [2.05, 4.69) is 0 Å². The normalized spacial score (nSPS) is 13.2. The van der Waals surface area contributed by atoms with Crippen LogP contribution in [-0.2, 0) is 15.6 Å². The van der Waals surface area contributed by atoms with Crippen LogP contribution in [0, 0.1) is 5.82 Å². The summed E-state index contributed by atoms with van der Waals surface area (Å²) >= 11 is 11.3. The fourth-order valence-electron chi connectivity index (χ4n) is 1.78. The summed E-state index contributed by atoms with van der Waals surface area (Å²) in [6, 6.07) is 4.21. The molecule has 0 amide bonds. The summed E-state index contributed by atoms with van der Waals surface area (Å²) < 4.78 is 38.2. The van der Waals surface area contributed by atoms with Crippen molar-refractivity contribution in [3.05, 3.63) is 40.8 Å². The van der Waals surface area contributed by atoms with E-state index in [-0.39, 0.29) is 21.9 Å². The SMILES string of the molecule is O=S(=O)(Cl)c1cn(C/C(Cl)=C/Cl)c2cccc(F)c12. The summed E-state index contributed by atoms with van der Waals surface area (Å²) in [5.41, 5.74) is 1.53. The molecule has 8 heteroatoms. The molecule has 2 rings (SSSR count). The van der Waals surface area contributed by atoms with E-state index >= 15 is 0 Å². The minimum absolute atomic E-state index is 0.0588. The van der Waals surface area contributed by atoms with Crippen LogP contribution in [0.2, 0.25) is 0 Å². The number of halogens is 4. The van der Waals surface area contributed by atoms with Gasteiger partial charge >= 0.3 is 0 Å². The largest absolute Gasteiger partial charge is 0.341 e. The molecule has 0 saturated heterocycles. The molecular formula is C11H7Cl3FNO2S. The van der Waals surface area contributed by atoms with Gasteiger partial charge in [-0.3, -0.25) is 0 Å². The Morgan fingerprint density at radius 1 is 1.42 bits per heavy atom. The summed E-state index contributed by atoms with van der Waals surface area (Å²) in [6.07, 6.45) is 1.23. The molecule has 1 aromatic heterocycles. The topological polar surface area (TPSA) is 39.1 Å². The Morgan fingerprint density at radius 3 is 2.68 bits per heavy atom. The fraction of sp³-hybridized carbons (Fsp3) is 0.0909. The average Bonchev–Trinajstić information content (AvgIpc) is 2.69. The first kappa shape index (κ1) is 14.7. The van der Waals surface area contributed by atoms with E-state index < -0.39 is 14.9 Å². The maximum atomic E-state index is 13.8. The molecule has 0 atom stereocenters. The molecule has 2 aromatic rings. The zero-order chi connectivity index (χ0) is 14.2. The Balaban J connectivity index is 2.78. The number of allylic oxidation sites excluding steroid dienone is 1. The number of benzene rings is 1. The minimum atomic E-state index is -4.06. The van der Waals surface area contributed by atoms with Gasteiger partial charge in [0, 0.05) is 27.4 Å². The van der Waals surface area contributed by atoms with Gasteiger partial charge in [0.05, 0.1) is 17.4 Å². The van der Waals surface area contributed by atoms with Gasteiger partial charge in [-0.15, -0.1) is 0 Å². The third-order valence-corrected chi connectivity index (χ3v) is 4.46. The molecule has 0 fully saturated rings. The van der Waals surface area contributed by atoms with Gasteiger partial charge in [0.1, 0.15) is 10.7 Å². The van der Waals surface area contributed by atoms with Crippen molar-refractivity contribution in [1.82, 2.24) is 4.57 Å². The molecular weight excluding hydrogens is 336 g/mol. The molecule has 0 aliphatic rings. The summed E-state index contributed by atoms with van der Waals surface area (Å²) in [6.45, 7) is 0.122. The number of nitrogens with zero attached hydrogens (tertiary/aromatic N) is 1. The Kier molecular flexibility index (Phi) is 4.11. The van der Waals surface area contributed by atoms with Gasteiger partial charge < -0.3 is 4.57 Å². The molecule has 3 nitrogen and oxygen atoms in total. The van der Waals surface area contributed by atoms with E-state index in [9.17, 15) is 12.8 Å². The third-order valence-electron chi connectivity index (χ3n) is 2.52. The molecule has 0 spiro atoms. The molecule has 0 aliphatic carbocycles. The van der Waals surface area contributed by atoms with Crippen LogP contribution in [0.4, 0.5) is 4.39 Å². The molecule has 0 bridgehead atoms. The van der Waals surface area contributed by atoms with Crippen molar-refractivity contribution in [2.75, 3.05) is 0 Å². The molecule has 1 aromatic carbocycles. The van der Waals surface area contributed by atoms with Crippen LogP contribution in [0.5, 0.6) is 0 Å². The van der Waals surface area contributed by atoms with E-state index in [1.54, 1.807) is 6.07 Å². The summed E-state index contributed by atoms with van der Waals surface area (Å²) in [5.74, 6) is -0.665. The van der Waals surface area contributed by atoms with Crippen molar-refractivity contribution < 1.29 is 12.8 Å². The lowest BCUT2D eigenvalue weighted by Crippen LogP contribution is -1.95. The highest BCUT2D eigenvalue weighted by Crippen LogP contribution is 2.30. The third kappa shape index (κ3) is 2.89. The lowest BCUT2D eigenvalue weighted by molar-refractivity contribution is 0.607. The highest BCUT2D eigenvalue weighted by atomic mass is 35.7. The molecule has 0 radical (unpaired) electrons. The van der Waals surface area contributed by atoms with Gasteiger partial charge in [-0.1, -0.05) is 29.3 Å². The van der Waals surface area contributed by atoms with Gasteiger partial charge in [-0.25, -0.2) is 12.8 Å². The first-order chi connectivity index (χ1) is 8.84. The zero-order valence-electron chi connectivity index (χ0n) is 9.28. The number of aromatic nitrogens is 1. The van der Waals surface area contributed by atoms with Crippen LogP contribution in [0.3, 0.4) is 0 Å². The molecule has 0 saturated carbocycles. The average molecular weight is 343 g/mol. The quantitative estimate of drug-likeness (QED) is 0.790. The predicted molar refractivity (Wildman–Crippen MR) is 74.7 cm³/mol. The van der Waals surface area contributed by atoms with Crippen LogP contribution in [-0.4, -0.2) is 13.0 Å². The monoisotopic (exact) mass is 341 g/mol. The van der Waals surface area contributed by atoms with Crippen molar-refractivity contribution in [2.45, 2.75) is 11.4 Å². The van der Waals surface area contributed by atoms with Crippen molar-refractivity contribution in [2.24, 2.45) is 0 Å². The van der Waals surface area contributed by atoms with Gasteiger partial charge in [0.25, 0.3) is 9.05 Å². The maximum Gasteiger partial charge on any atom is 0.263 e. The van der Waals surface area contributed by atoms with Gasteiger partial charge in [-0.05, 0) is 12.1 Å². The Hall–Kier alpha value is -0.750. The molecule has 102 valence electrons. The number of fused-ring (bicyclic) bond motifs is 1. The van der Waals surface area contributed by atoms with Crippen molar-refractivity contribution in [3.8, 4) is 0 Å². The van der Waals surface area contributed by atoms with Gasteiger partial charge in [0.2, 0.25) is 0 Å². The second kappa shape index (κ2) is 5.32. The minimum Gasteiger partial charge on any atom is -0.341 e. The fourth-order valence-corrected chi connectivity index (χ4v) is 3.03. The van der Waals surface area contributed by atoms with E-state index in [4.69, 9.17) is 33.9 Å². The summed E-state index contributed by atoms with van der Waals surface area (Å²) in [4.78, 5) is -0.290. The van der Waals surface area contributed by atoms with Crippen LogP contribution in [0.1, 0.15) is 0 Å². The lowest BCUT2D eigenvalue weighted by Gasteiger charge is -2.03. The highest BCUT2D eigenvalue weighted by molar-refractivity contribution is 8.14. The highest BCUT2D eigenvalue weighted by Gasteiger charge is 2.21. The van der Waals surface area contributed by atoms with E-state index in [1.807, 2.05) is 0 Å². The molecule has 1 heterocycles. The summed E-state index contributed by atoms with van der Waals surface area (Å²) in [7, 11) is 1.25. The Bertz CT molecular complexity index is 768. The number of hydrogen-bond donors (Lipinski definition) is 0. The Morgan fingerprint density at radius 2 is 2.11 bits per heavy atom. The number of hydrogen-bond acceptors (Lipinski definition) is 2. The van der Waals surface area contributed by atoms with Gasteiger partial charge in [-0.2, -0.15) is 0 Å². The van der Waals surface area contributed by atoms with E-state index in [1.165, 1.54) is 16.8 Å².